The van der Waals surface area contributed by atoms with Gasteiger partial charge in [0.05, 0.1) is 18.6 Å². The van der Waals surface area contributed by atoms with Crippen molar-refractivity contribution in [2.45, 2.75) is 44.7 Å². The van der Waals surface area contributed by atoms with E-state index in [9.17, 15) is 13.2 Å². The van der Waals surface area contributed by atoms with Gasteiger partial charge in [-0.15, -0.1) is 0 Å². The van der Waals surface area contributed by atoms with Crippen LogP contribution in [0.1, 0.15) is 43.1 Å². The Bertz CT molecular complexity index is 927. The van der Waals surface area contributed by atoms with Crippen LogP contribution in [-0.4, -0.2) is 34.1 Å². The topological polar surface area (TPSA) is 93.7 Å². The molecule has 0 spiro atoms. The molecule has 7 nitrogen and oxygen atoms in total. The van der Waals surface area contributed by atoms with Gasteiger partial charge in [-0.1, -0.05) is 13.0 Å². The molecule has 0 saturated carbocycles. The zero-order valence-corrected chi connectivity index (χ0v) is 18.0. The Balaban J connectivity index is 2.03. The summed E-state index contributed by atoms with van der Waals surface area (Å²) in [6.07, 6.45) is 0.691. The number of hydrogen-bond acceptors (Lipinski definition) is 5. The largest absolute Gasteiger partial charge is 0.493 e. The number of amides is 1. The third kappa shape index (κ3) is 6.20. The second-order valence-electron chi connectivity index (χ2n) is 6.56. The van der Waals surface area contributed by atoms with E-state index in [0.29, 0.717) is 36.6 Å². The van der Waals surface area contributed by atoms with Gasteiger partial charge in [0.2, 0.25) is 10.0 Å². The lowest BCUT2D eigenvalue weighted by atomic mass is 10.1. The van der Waals surface area contributed by atoms with Gasteiger partial charge >= 0.3 is 0 Å². The van der Waals surface area contributed by atoms with Gasteiger partial charge in [-0.05, 0) is 62.2 Å². The molecule has 2 aromatic carbocycles. The molecule has 8 heteroatoms. The second-order valence-corrected chi connectivity index (χ2v) is 8.27. The van der Waals surface area contributed by atoms with Crippen LogP contribution >= 0.6 is 0 Å². The fourth-order valence-electron chi connectivity index (χ4n) is 2.58. The molecule has 0 aliphatic heterocycles. The summed E-state index contributed by atoms with van der Waals surface area (Å²) in [6.45, 7) is 6.43. The Hall–Kier alpha value is -2.58. The molecule has 0 aromatic heterocycles. The summed E-state index contributed by atoms with van der Waals surface area (Å²) >= 11 is 0. The zero-order valence-electron chi connectivity index (χ0n) is 17.2. The number of methoxy groups -OCH3 is 1. The molecule has 0 radical (unpaired) electrons. The van der Waals surface area contributed by atoms with Crippen LogP contribution in [-0.2, 0) is 16.6 Å². The molecule has 158 valence electrons. The number of hydrogen-bond donors (Lipinski definition) is 2. The average Bonchev–Trinajstić information content (AvgIpc) is 2.72. The molecule has 1 amide bonds. The molecule has 0 bridgehead atoms. The lowest BCUT2D eigenvalue weighted by Crippen LogP contribution is -2.32. The van der Waals surface area contributed by atoms with Gasteiger partial charge in [0.25, 0.3) is 5.91 Å². The van der Waals surface area contributed by atoms with Crippen LogP contribution < -0.4 is 19.5 Å². The number of carbonyl (C=O) groups excluding carboxylic acids is 1. The van der Waals surface area contributed by atoms with E-state index in [-0.39, 0.29) is 16.8 Å². The Morgan fingerprint density at radius 2 is 1.76 bits per heavy atom. The van der Waals surface area contributed by atoms with E-state index in [1.165, 1.54) is 24.3 Å². The number of ether oxygens (including phenoxy) is 2. The monoisotopic (exact) mass is 420 g/mol. The summed E-state index contributed by atoms with van der Waals surface area (Å²) in [5.41, 5.74) is 1.24. The minimum absolute atomic E-state index is 0.130. The lowest BCUT2D eigenvalue weighted by Gasteiger charge is -2.13. The smallest absolute Gasteiger partial charge is 0.251 e. The quantitative estimate of drug-likeness (QED) is 0.616. The maximum Gasteiger partial charge on any atom is 0.251 e. The third-order valence-corrected chi connectivity index (χ3v) is 5.98. The molecule has 0 fully saturated rings. The highest BCUT2D eigenvalue weighted by Gasteiger charge is 2.17. The summed E-state index contributed by atoms with van der Waals surface area (Å²) in [7, 11) is -2.03. The van der Waals surface area contributed by atoms with Crippen molar-refractivity contribution in [3.05, 3.63) is 53.6 Å². The van der Waals surface area contributed by atoms with E-state index in [1.54, 1.807) is 20.1 Å². The first kappa shape index (κ1) is 22.7. The van der Waals surface area contributed by atoms with Crippen molar-refractivity contribution in [1.82, 2.24) is 10.0 Å². The number of nitrogens with one attached hydrogen (secondary N) is 2. The molecule has 2 rings (SSSR count). The highest BCUT2D eigenvalue weighted by atomic mass is 32.2. The molecule has 1 atom stereocenters. The fourth-order valence-corrected chi connectivity index (χ4v) is 3.91. The molecular formula is C21H28N2O5S. The molecule has 0 aliphatic rings. The maximum atomic E-state index is 12.4. The number of benzene rings is 2. The molecule has 29 heavy (non-hydrogen) atoms. The minimum Gasteiger partial charge on any atom is -0.493 e. The van der Waals surface area contributed by atoms with Crippen molar-refractivity contribution in [2.75, 3.05) is 13.7 Å². The first-order chi connectivity index (χ1) is 13.8. The van der Waals surface area contributed by atoms with Crippen LogP contribution in [0.15, 0.2) is 47.4 Å². The van der Waals surface area contributed by atoms with E-state index in [4.69, 9.17) is 9.47 Å². The summed E-state index contributed by atoms with van der Waals surface area (Å²) < 4.78 is 38.0. The van der Waals surface area contributed by atoms with Crippen molar-refractivity contribution in [3.8, 4) is 11.5 Å². The summed E-state index contributed by atoms with van der Waals surface area (Å²) in [5, 5.41) is 2.82. The van der Waals surface area contributed by atoms with Crippen LogP contribution in [0.2, 0.25) is 0 Å². The van der Waals surface area contributed by atoms with Gasteiger partial charge in [-0.25, -0.2) is 13.1 Å². The Kier molecular flexibility index (Phi) is 8.04. The first-order valence-electron chi connectivity index (χ1n) is 9.51. The average molecular weight is 421 g/mol. The summed E-state index contributed by atoms with van der Waals surface area (Å²) in [4.78, 5) is 12.5. The Morgan fingerprint density at radius 3 is 2.34 bits per heavy atom. The van der Waals surface area contributed by atoms with Crippen LogP contribution in [0.25, 0.3) is 0 Å². The third-order valence-electron chi connectivity index (χ3n) is 4.38. The van der Waals surface area contributed by atoms with Crippen molar-refractivity contribution in [2.24, 2.45) is 0 Å². The van der Waals surface area contributed by atoms with Crippen molar-refractivity contribution in [1.29, 1.82) is 0 Å². The van der Waals surface area contributed by atoms with Gasteiger partial charge < -0.3 is 14.8 Å². The van der Waals surface area contributed by atoms with Gasteiger partial charge in [0.15, 0.2) is 11.5 Å². The van der Waals surface area contributed by atoms with Crippen molar-refractivity contribution < 1.29 is 22.7 Å². The van der Waals surface area contributed by atoms with Gasteiger partial charge in [0, 0.05) is 18.2 Å². The highest BCUT2D eigenvalue weighted by Crippen LogP contribution is 2.28. The van der Waals surface area contributed by atoms with Crippen molar-refractivity contribution in [3.63, 3.8) is 0 Å². The fraction of sp³-hybridized carbons (Fsp3) is 0.381. The normalized spacial score (nSPS) is 12.3. The molecule has 2 N–H and O–H groups in total. The molecule has 0 saturated heterocycles. The Morgan fingerprint density at radius 1 is 1.07 bits per heavy atom. The predicted molar refractivity (Wildman–Crippen MR) is 112 cm³/mol. The van der Waals surface area contributed by atoms with E-state index < -0.39 is 10.0 Å². The van der Waals surface area contributed by atoms with Crippen LogP contribution in [0.5, 0.6) is 11.5 Å². The standard InChI is InChI=1S/C21H28N2O5S/c1-5-15(3)23-29(25,26)18-10-8-17(9-11-18)21(24)22-14-16-7-12-19(28-6-2)20(13-16)27-4/h7-13,15,23H,5-6,14H2,1-4H3,(H,22,24). The van der Waals surface area contributed by atoms with Crippen LogP contribution in [0.4, 0.5) is 0 Å². The Labute approximate surface area is 172 Å². The van der Waals surface area contributed by atoms with Crippen LogP contribution in [0, 0.1) is 0 Å². The SMILES string of the molecule is CCOc1ccc(CNC(=O)c2ccc(S(=O)(=O)NC(C)CC)cc2)cc1OC. The van der Waals surface area contributed by atoms with E-state index in [2.05, 4.69) is 10.0 Å². The van der Waals surface area contributed by atoms with Gasteiger partial charge in [-0.2, -0.15) is 0 Å². The number of rotatable bonds is 10. The zero-order chi connectivity index (χ0) is 21.4. The maximum absolute atomic E-state index is 12.4. The van der Waals surface area contributed by atoms with Gasteiger partial charge in [-0.3, -0.25) is 4.79 Å². The predicted octanol–water partition coefficient (Wildman–Crippen LogP) is 3.10. The number of carbonyl (C=O) groups is 1. The van der Waals surface area contributed by atoms with E-state index in [1.807, 2.05) is 26.0 Å². The first-order valence-corrected chi connectivity index (χ1v) is 11.0. The molecule has 0 aliphatic carbocycles. The second kappa shape index (κ2) is 10.3. The number of sulfonamides is 1. The van der Waals surface area contributed by atoms with E-state index >= 15 is 0 Å². The minimum atomic E-state index is -3.59. The van der Waals surface area contributed by atoms with E-state index in [0.717, 1.165) is 5.56 Å². The van der Waals surface area contributed by atoms with Crippen LogP contribution in [0.3, 0.4) is 0 Å². The summed E-state index contributed by atoms with van der Waals surface area (Å²) in [6, 6.07) is 11.2. The van der Waals surface area contributed by atoms with Crippen molar-refractivity contribution >= 4 is 15.9 Å². The summed E-state index contributed by atoms with van der Waals surface area (Å²) in [5.74, 6) is 0.950. The lowest BCUT2D eigenvalue weighted by molar-refractivity contribution is 0.0950. The van der Waals surface area contributed by atoms with Gasteiger partial charge in [0.1, 0.15) is 0 Å². The molecule has 1 unspecified atom stereocenters. The molecule has 2 aromatic rings. The molecule has 0 heterocycles. The molecular weight excluding hydrogens is 392 g/mol. The highest BCUT2D eigenvalue weighted by molar-refractivity contribution is 7.89.